The minimum atomic E-state index is -1.02. The maximum absolute atomic E-state index is 12.5. The fourth-order valence-corrected chi connectivity index (χ4v) is 2.88. The molecule has 2 rings (SSSR count). The maximum atomic E-state index is 12.5. The van der Waals surface area contributed by atoms with Gasteiger partial charge in [0.1, 0.15) is 12.1 Å². The number of carbonyl (C=O) groups excluding carboxylic acids is 3. The highest BCUT2D eigenvalue weighted by Crippen LogP contribution is 2.38. The number of nitrogens with zero attached hydrogens (tertiary/aromatic N) is 1. The molecule has 1 amide bonds. The summed E-state index contributed by atoms with van der Waals surface area (Å²) in [5.74, 6) is -0.0136. The quantitative estimate of drug-likeness (QED) is 0.746. The average molecular weight is 351 g/mol. The van der Waals surface area contributed by atoms with Crippen LogP contribution in [0.4, 0.5) is 4.79 Å². The number of carbonyl (C=O) groups is 3. The monoisotopic (exact) mass is 351 g/mol. The molecule has 1 aliphatic rings. The largest absolute Gasteiger partial charge is 0.493 e. The highest BCUT2D eigenvalue weighted by molar-refractivity contribution is 5.98. The van der Waals surface area contributed by atoms with Gasteiger partial charge in [-0.05, 0) is 24.6 Å². The zero-order valence-electron chi connectivity index (χ0n) is 14.6. The molecule has 0 unspecified atom stereocenters. The Kier molecular flexibility index (Phi) is 5.84. The van der Waals surface area contributed by atoms with Crippen molar-refractivity contribution in [3.8, 4) is 11.5 Å². The first-order chi connectivity index (χ1) is 12.0. The fraction of sp³-hybridized carbons (Fsp3) is 0.471. The van der Waals surface area contributed by atoms with E-state index in [0.717, 1.165) is 4.90 Å². The molecule has 0 spiro atoms. The van der Waals surface area contributed by atoms with E-state index in [2.05, 4.69) is 0 Å². The number of hydrogen-bond donors (Lipinski definition) is 0. The zero-order valence-corrected chi connectivity index (χ0v) is 14.6. The molecular weight excluding hydrogens is 330 g/mol. The highest BCUT2D eigenvalue weighted by Gasteiger charge is 2.48. The SMILES string of the molecule is CCOC(=O)[C@@H]1CC(=O)[C@H](c2ccc(OC)c(OC)c2)N1C(=O)OC. The smallest absolute Gasteiger partial charge is 0.411 e. The minimum absolute atomic E-state index is 0.132. The second kappa shape index (κ2) is 7.87. The van der Waals surface area contributed by atoms with Gasteiger partial charge >= 0.3 is 12.1 Å². The zero-order chi connectivity index (χ0) is 18.6. The van der Waals surface area contributed by atoms with Crippen molar-refractivity contribution >= 4 is 17.8 Å². The molecule has 1 aliphatic heterocycles. The first-order valence-electron chi connectivity index (χ1n) is 7.76. The molecule has 8 heteroatoms. The number of hydrogen-bond acceptors (Lipinski definition) is 7. The lowest BCUT2D eigenvalue weighted by Gasteiger charge is -2.27. The normalized spacial score (nSPS) is 19.5. The summed E-state index contributed by atoms with van der Waals surface area (Å²) in [7, 11) is 4.16. The second-order valence-electron chi connectivity index (χ2n) is 5.33. The van der Waals surface area contributed by atoms with Crippen molar-refractivity contribution < 1.29 is 33.3 Å². The Morgan fingerprint density at radius 2 is 1.84 bits per heavy atom. The number of ketones is 1. The predicted molar refractivity (Wildman–Crippen MR) is 86.6 cm³/mol. The van der Waals surface area contributed by atoms with Crippen LogP contribution in [-0.2, 0) is 19.1 Å². The van der Waals surface area contributed by atoms with Gasteiger partial charge in [0.2, 0.25) is 0 Å². The van der Waals surface area contributed by atoms with Crippen LogP contribution in [0.3, 0.4) is 0 Å². The number of rotatable bonds is 5. The summed E-state index contributed by atoms with van der Waals surface area (Å²) in [5.41, 5.74) is 0.500. The lowest BCUT2D eigenvalue weighted by Crippen LogP contribution is -2.42. The molecule has 0 aromatic heterocycles. The number of likely N-dealkylation sites (tertiary alicyclic amines) is 1. The maximum Gasteiger partial charge on any atom is 0.411 e. The van der Waals surface area contributed by atoms with E-state index in [4.69, 9.17) is 18.9 Å². The second-order valence-corrected chi connectivity index (χ2v) is 5.33. The van der Waals surface area contributed by atoms with Gasteiger partial charge in [-0.1, -0.05) is 6.07 Å². The third kappa shape index (κ3) is 3.52. The average Bonchev–Trinajstić information content (AvgIpc) is 2.97. The van der Waals surface area contributed by atoms with Gasteiger partial charge in [-0.25, -0.2) is 9.59 Å². The van der Waals surface area contributed by atoms with Crippen molar-refractivity contribution in [3.05, 3.63) is 23.8 Å². The molecule has 0 saturated carbocycles. The molecule has 0 aliphatic carbocycles. The van der Waals surface area contributed by atoms with E-state index in [1.165, 1.54) is 21.3 Å². The molecule has 136 valence electrons. The van der Waals surface area contributed by atoms with Gasteiger partial charge in [-0.3, -0.25) is 9.69 Å². The van der Waals surface area contributed by atoms with E-state index in [0.29, 0.717) is 17.1 Å². The van der Waals surface area contributed by atoms with Gasteiger partial charge in [0.15, 0.2) is 17.3 Å². The highest BCUT2D eigenvalue weighted by atomic mass is 16.6. The molecule has 1 heterocycles. The molecule has 1 saturated heterocycles. The van der Waals surface area contributed by atoms with Crippen LogP contribution in [0.25, 0.3) is 0 Å². The first kappa shape index (κ1) is 18.6. The van der Waals surface area contributed by atoms with Crippen molar-refractivity contribution in [1.29, 1.82) is 0 Å². The van der Waals surface area contributed by atoms with E-state index in [9.17, 15) is 14.4 Å². The van der Waals surface area contributed by atoms with Gasteiger partial charge in [-0.15, -0.1) is 0 Å². The molecule has 1 aromatic rings. The number of amides is 1. The van der Waals surface area contributed by atoms with Crippen LogP contribution in [0.15, 0.2) is 18.2 Å². The molecule has 1 aromatic carbocycles. The van der Waals surface area contributed by atoms with E-state index in [1.54, 1.807) is 25.1 Å². The summed E-state index contributed by atoms with van der Waals surface area (Å²) >= 11 is 0. The van der Waals surface area contributed by atoms with Crippen LogP contribution in [0.2, 0.25) is 0 Å². The van der Waals surface area contributed by atoms with E-state index in [-0.39, 0.29) is 18.8 Å². The van der Waals surface area contributed by atoms with Crippen LogP contribution in [0.5, 0.6) is 11.5 Å². The summed E-state index contributed by atoms with van der Waals surface area (Å²) in [6.07, 6.45) is -0.906. The Bertz CT molecular complexity index is 673. The van der Waals surface area contributed by atoms with Crippen LogP contribution in [0.1, 0.15) is 24.9 Å². The number of benzene rings is 1. The topological polar surface area (TPSA) is 91.4 Å². The predicted octanol–water partition coefficient (Wildman–Crippen LogP) is 1.72. The summed E-state index contributed by atoms with van der Waals surface area (Å²) in [4.78, 5) is 38.0. The van der Waals surface area contributed by atoms with Crippen molar-refractivity contribution in [2.24, 2.45) is 0 Å². The Morgan fingerprint density at radius 1 is 1.16 bits per heavy atom. The van der Waals surface area contributed by atoms with Gasteiger partial charge < -0.3 is 18.9 Å². The number of esters is 1. The van der Waals surface area contributed by atoms with Crippen LogP contribution >= 0.6 is 0 Å². The molecule has 8 nitrogen and oxygen atoms in total. The number of methoxy groups -OCH3 is 3. The Morgan fingerprint density at radius 3 is 2.40 bits per heavy atom. The third-order valence-electron chi connectivity index (χ3n) is 3.98. The summed E-state index contributed by atoms with van der Waals surface area (Å²) < 4.78 is 20.2. The molecule has 0 radical (unpaired) electrons. The summed E-state index contributed by atoms with van der Waals surface area (Å²) in [6.45, 7) is 1.81. The van der Waals surface area contributed by atoms with E-state index < -0.39 is 24.1 Å². The summed E-state index contributed by atoms with van der Waals surface area (Å²) in [6, 6.07) is 2.91. The van der Waals surface area contributed by atoms with Crippen molar-refractivity contribution in [3.63, 3.8) is 0 Å². The van der Waals surface area contributed by atoms with E-state index >= 15 is 0 Å². The molecular formula is C17H21NO7. The summed E-state index contributed by atoms with van der Waals surface area (Å²) in [5, 5.41) is 0. The number of Topliss-reactive ketones (excluding diaryl/α,β-unsaturated/α-hetero) is 1. The van der Waals surface area contributed by atoms with Gasteiger partial charge in [0.25, 0.3) is 0 Å². The lowest BCUT2D eigenvalue weighted by molar-refractivity contribution is -0.148. The molecule has 2 atom stereocenters. The molecule has 1 fully saturated rings. The Balaban J connectivity index is 2.45. The molecule has 0 bridgehead atoms. The standard InChI is InChI=1S/C17H21NO7/c1-5-25-16(20)11-9-12(19)15(18(11)17(21)24-4)10-6-7-13(22-2)14(8-10)23-3/h6-8,11,15H,5,9H2,1-4H3/t11-,15-/m0/s1. The molecule has 0 N–H and O–H groups in total. The number of ether oxygens (including phenoxy) is 4. The van der Waals surface area contributed by atoms with E-state index in [1.807, 2.05) is 0 Å². The lowest BCUT2D eigenvalue weighted by atomic mass is 10.0. The minimum Gasteiger partial charge on any atom is -0.493 e. The Labute approximate surface area is 145 Å². The van der Waals surface area contributed by atoms with Crippen molar-refractivity contribution in [2.75, 3.05) is 27.9 Å². The molecule has 25 heavy (non-hydrogen) atoms. The fourth-order valence-electron chi connectivity index (χ4n) is 2.88. The van der Waals surface area contributed by atoms with Crippen LogP contribution in [-0.4, -0.2) is 56.7 Å². The first-order valence-corrected chi connectivity index (χ1v) is 7.76. The third-order valence-corrected chi connectivity index (χ3v) is 3.98. The van der Waals surface area contributed by atoms with Gasteiger partial charge in [0, 0.05) is 6.42 Å². The van der Waals surface area contributed by atoms with Gasteiger partial charge in [-0.2, -0.15) is 0 Å². The van der Waals surface area contributed by atoms with Crippen molar-refractivity contribution in [1.82, 2.24) is 4.90 Å². The van der Waals surface area contributed by atoms with Crippen LogP contribution in [0, 0.1) is 0 Å². The Hall–Kier alpha value is -2.77. The van der Waals surface area contributed by atoms with Gasteiger partial charge in [0.05, 0.1) is 27.9 Å². The van der Waals surface area contributed by atoms with Crippen molar-refractivity contribution in [2.45, 2.75) is 25.4 Å². The van der Waals surface area contributed by atoms with Crippen LogP contribution < -0.4 is 9.47 Å².